The Morgan fingerprint density at radius 1 is 1.20 bits per heavy atom. The standard InChI is InChI=1S/C15H21N5/c16-14(7-6-13-4-2-1-3-5-13)10-19-8-9-20-12-17-18-15(20)11-19/h1-5,12,14H,6-11,16H2. The van der Waals surface area contributed by atoms with Crippen molar-refractivity contribution in [2.75, 3.05) is 13.1 Å². The molecule has 0 radical (unpaired) electrons. The van der Waals surface area contributed by atoms with E-state index in [0.29, 0.717) is 0 Å². The van der Waals surface area contributed by atoms with Crippen LogP contribution < -0.4 is 5.73 Å². The van der Waals surface area contributed by atoms with Gasteiger partial charge >= 0.3 is 0 Å². The second-order valence-electron chi connectivity index (χ2n) is 5.46. The molecule has 1 atom stereocenters. The van der Waals surface area contributed by atoms with Crippen LogP contribution in [0, 0.1) is 0 Å². The fraction of sp³-hybridized carbons (Fsp3) is 0.467. The monoisotopic (exact) mass is 271 g/mol. The number of rotatable bonds is 5. The van der Waals surface area contributed by atoms with Crippen molar-refractivity contribution >= 4 is 0 Å². The SMILES string of the molecule is NC(CCc1ccccc1)CN1CCn2cnnc2C1. The van der Waals surface area contributed by atoms with Gasteiger partial charge in [0.05, 0.1) is 6.54 Å². The fourth-order valence-electron chi connectivity index (χ4n) is 2.69. The molecule has 0 bridgehead atoms. The first-order valence-electron chi connectivity index (χ1n) is 7.20. The van der Waals surface area contributed by atoms with E-state index in [1.807, 2.05) is 12.4 Å². The molecule has 5 heteroatoms. The predicted molar refractivity (Wildman–Crippen MR) is 78.0 cm³/mol. The van der Waals surface area contributed by atoms with Crippen molar-refractivity contribution < 1.29 is 0 Å². The minimum Gasteiger partial charge on any atom is -0.327 e. The van der Waals surface area contributed by atoms with Crippen molar-refractivity contribution in [3.63, 3.8) is 0 Å². The van der Waals surface area contributed by atoms with E-state index in [4.69, 9.17) is 5.73 Å². The Balaban J connectivity index is 1.46. The van der Waals surface area contributed by atoms with Gasteiger partial charge in [-0.3, -0.25) is 4.90 Å². The van der Waals surface area contributed by atoms with Gasteiger partial charge in [-0.05, 0) is 18.4 Å². The van der Waals surface area contributed by atoms with Crippen molar-refractivity contribution in [2.24, 2.45) is 5.73 Å². The summed E-state index contributed by atoms with van der Waals surface area (Å²) in [5, 5.41) is 8.09. The number of aryl methyl sites for hydroxylation is 1. The Bertz CT molecular complexity index is 536. The Morgan fingerprint density at radius 2 is 2.05 bits per heavy atom. The highest BCUT2D eigenvalue weighted by Gasteiger charge is 2.19. The van der Waals surface area contributed by atoms with Gasteiger partial charge in [0.25, 0.3) is 0 Å². The lowest BCUT2D eigenvalue weighted by Crippen LogP contribution is -2.42. The summed E-state index contributed by atoms with van der Waals surface area (Å²) in [4.78, 5) is 2.37. The summed E-state index contributed by atoms with van der Waals surface area (Å²) in [6.07, 6.45) is 3.88. The molecule has 3 rings (SSSR count). The summed E-state index contributed by atoms with van der Waals surface area (Å²) in [5.41, 5.74) is 7.63. The third-order valence-corrected chi connectivity index (χ3v) is 3.86. The molecule has 2 heterocycles. The van der Waals surface area contributed by atoms with Gasteiger partial charge in [-0.15, -0.1) is 10.2 Å². The molecule has 1 aromatic carbocycles. The minimum absolute atomic E-state index is 0.213. The van der Waals surface area contributed by atoms with Gasteiger partial charge in [0.15, 0.2) is 0 Å². The fourth-order valence-corrected chi connectivity index (χ4v) is 2.69. The number of fused-ring (bicyclic) bond motifs is 1. The molecule has 0 spiro atoms. The number of nitrogens with zero attached hydrogens (tertiary/aromatic N) is 4. The maximum atomic E-state index is 6.26. The molecule has 2 aromatic rings. The number of nitrogens with two attached hydrogens (primary N) is 1. The number of hydrogen-bond acceptors (Lipinski definition) is 4. The molecule has 1 unspecified atom stereocenters. The topological polar surface area (TPSA) is 60.0 Å². The van der Waals surface area contributed by atoms with E-state index in [-0.39, 0.29) is 6.04 Å². The lowest BCUT2D eigenvalue weighted by atomic mass is 10.1. The van der Waals surface area contributed by atoms with Gasteiger partial charge in [0.2, 0.25) is 0 Å². The molecule has 106 valence electrons. The van der Waals surface area contributed by atoms with Crippen LogP contribution in [0.1, 0.15) is 17.8 Å². The second-order valence-corrected chi connectivity index (χ2v) is 5.46. The van der Waals surface area contributed by atoms with E-state index in [9.17, 15) is 0 Å². The van der Waals surface area contributed by atoms with Gasteiger partial charge in [-0.25, -0.2) is 0 Å². The Kier molecular flexibility index (Phi) is 4.08. The second kappa shape index (κ2) is 6.15. The first-order chi connectivity index (χ1) is 9.81. The van der Waals surface area contributed by atoms with Crippen LogP contribution in [0.2, 0.25) is 0 Å². The van der Waals surface area contributed by atoms with Crippen LogP contribution in [0.4, 0.5) is 0 Å². The summed E-state index contributed by atoms with van der Waals surface area (Å²) in [6, 6.07) is 10.8. The van der Waals surface area contributed by atoms with E-state index >= 15 is 0 Å². The van der Waals surface area contributed by atoms with Crippen LogP contribution in [-0.2, 0) is 19.5 Å². The third kappa shape index (κ3) is 3.23. The molecule has 0 saturated heterocycles. The van der Waals surface area contributed by atoms with Gasteiger partial charge < -0.3 is 10.3 Å². The van der Waals surface area contributed by atoms with E-state index in [1.54, 1.807) is 0 Å². The lowest BCUT2D eigenvalue weighted by molar-refractivity contribution is 0.202. The third-order valence-electron chi connectivity index (χ3n) is 3.86. The van der Waals surface area contributed by atoms with Crippen LogP contribution >= 0.6 is 0 Å². The highest BCUT2D eigenvalue weighted by molar-refractivity contribution is 5.14. The van der Waals surface area contributed by atoms with Gasteiger partial charge in [0.1, 0.15) is 12.2 Å². The van der Waals surface area contributed by atoms with Gasteiger partial charge in [0, 0.05) is 25.7 Å². The van der Waals surface area contributed by atoms with E-state index in [1.165, 1.54) is 5.56 Å². The number of hydrogen-bond donors (Lipinski definition) is 1. The lowest BCUT2D eigenvalue weighted by Gasteiger charge is -2.29. The molecule has 1 aromatic heterocycles. The van der Waals surface area contributed by atoms with Crippen LogP contribution in [0.15, 0.2) is 36.7 Å². The van der Waals surface area contributed by atoms with Crippen molar-refractivity contribution in [2.45, 2.75) is 32.0 Å². The van der Waals surface area contributed by atoms with E-state index in [2.05, 4.69) is 43.9 Å². The number of aromatic nitrogens is 3. The molecule has 1 aliphatic heterocycles. The zero-order chi connectivity index (χ0) is 13.8. The highest BCUT2D eigenvalue weighted by atomic mass is 15.3. The maximum absolute atomic E-state index is 6.26. The van der Waals surface area contributed by atoms with Gasteiger partial charge in [-0.1, -0.05) is 30.3 Å². The zero-order valence-electron chi connectivity index (χ0n) is 11.7. The van der Waals surface area contributed by atoms with Crippen molar-refractivity contribution in [1.82, 2.24) is 19.7 Å². The minimum atomic E-state index is 0.213. The predicted octanol–water partition coefficient (Wildman–Crippen LogP) is 1.05. The summed E-state index contributed by atoms with van der Waals surface area (Å²) in [7, 11) is 0. The summed E-state index contributed by atoms with van der Waals surface area (Å²) < 4.78 is 2.12. The van der Waals surface area contributed by atoms with Crippen LogP contribution in [0.3, 0.4) is 0 Å². The van der Waals surface area contributed by atoms with E-state index < -0.39 is 0 Å². The molecule has 0 saturated carbocycles. The van der Waals surface area contributed by atoms with Gasteiger partial charge in [-0.2, -0.15) is 0 Å². The normalized spacial score (nSPS) is 16.9. The maximum Gasteiger partial charge on any atom is 0.147 e. The molecule has 0 fully saturated rings. The molecular formula is C15H21N5. The van der Waals surface area contributed by atoms with Crippen LogP contribution in [0.25, 0.3) is 0 Å². The molecule has 1 aliphatic rings. The zero-order valence-corrected chi connectivity index (χ0v) is 11.7. The Labute approximate surface area is 119 Å². The average Bonchev–Trinajstić information content (AvgIpc) is 2.94. The van der Waals surface area contributed by atoms with Crippen molar-refractivity contribution in [3.05, 3.63) is 48.0 Å². The molecule has 20 heavy (non-hydrogen) atoms. The first kappa shape index (κ1) is 13.3. The van der Waals surface area contributed by atoms with Crippen molar-refractivity contribution in [3.8, 4) is 0 Å². The summed E-state index contributed by atoms with van der Waals surface area (Å²) >= 11 is 0. The van der Waals surface area contributed by atoms with E-state index in [0.717, 1.165) is 44.8 Å². The average molecular weight is 271 g/mol. The molecule has 5 nitrogen and oxygen atoms in total. The highest BCUT2D eigenvalue weighted by Crippen LogP contribution is 2.11. The molecule has 2 N–H and O–H groups in total. The van der Waals surface area contributed by atoms with Crippen LogP contribution in [0.5, 0.6) is 0 Å². The smallest absolute Gasteiger partial charge is 0.147 e. The first-order valence-corrected chi connectivity index (χ1v) is 7.20. The van der Waals surface area contributed by atoms with Crippen molar-refractivity contribution in [1.29, 1.82) is 0 Å². The largest absolute Gasteiger partial charge is 0.327 e. The Morgan fingerprint density at radius 3 is 2.90 bits per heavy atom. The molecule has 0 aliphatic carbocycles. The molecule has 0 amide bonds. The quantitative estimate of drug-likeness (QED) is 0.883. The molecular weight excluding hydrogens is 250 g/mol. The van der Waals surface area contributed by atoms with Crippen LogP contribution in [-0.4, -0.2) is 38.8 Å². The number of benzene rings is 1. The Hall–Kier alpha value is -1.72. The summed E-state index contributed by atoms with van der Waals surface area (Å²) in [5.74, 6) is 1.05. The summed E-state index contributed by atoms with van der Waals surface area (Å²) in [6.45, 7) is 3.79.